The lowest BCUT2D eigenvalue weighted by atomic mass is 10.0. The Morgan fingerprint density at radius 2 is 1.89 bits per heavy atom. The Kier molecular flexibility index (Phi) is 5.22. The van der Waals surface area contributed by atoms with Crippen LogP contribution in [0.2, 0.25) is 5.02 Å². The maximum Gasteiger partial charge on any atom is 0.254 e. The normalized spacial score (nSPS) is 18.1. The van der Waals surface area contributed by atoms with Gasteiger partial charge in [-0.15, -0.1) is 0 Å². The molecule has 4 rings (SSSR count). The molecule has 1 saturated heterocycles. The monoisotopic (exact) mass is 403 g/mol. The minimum Gasteiger partial charge on any atom is -0.493 e. The summed E-state index contributed by atoms with van der Waals surface area (Å²) in [6, 6.07) is 9.18. The molecule has 1 atom stereocenters. The number of methoxy groups -OCH3 is 2. The Balaban J connectivity index is 1.63. The lowest BCUT2D eigenvalue weighted by Crippen LogP contribution is -2.30. The first-order chi connectivity index (χ1) is 13.6. The molecule has 28 heavy (non-hydrogen) atoms. The van der Waals surface area contributed by atoms with Crippen LogP contribution in [0.4, 0.5) is 0 Å². The van der Waals surface area contributed by atoms with Gasteiger partial charge in [-0.05, 0) is 42.7 Å². The molecule has 2 aromatic rings. The second kappa shape index (κ2) is 7.80. The third-order valence-corrected chi connectivity index (χ3v) is 5.43. The van der Waals surface area contributed by atoms with E-state index in [4.69, 9.17) is 30.5 Å². The minimum absolute atomic E-state index is 0.0183. The number of hydrogen-bond acceptors (Lipinski definition) is 5. The summed E-state index contributed by atoms with van der Waals surface area (Å²) in [6.07, 6.45) is 1.83. The SMILES string of the molecule is COc1cc(C(=O)N2CCC[C@H]2c2ccc3c(c2)OCCO3)cc(Cl)c1OC. The third-order valence-electron chi connectivity index (χ3n) is 5.15. The van der Waals surface area contributed by atoms with Crippen LogP contribution in [-0.2, 0) is 0 Å². The van der Waals surface area contributed by atoms with Crippen molar-refractivity contribution in [2.75, 3.05) is 34.0 Å². The van der Waals surface area contributed by atoms with Crippen molar-refractivity contribution in [3.63, 3.8) is 0 Å². The molecule has 2 aliphatic rings. The topological polar surface area (TPSA) is 57.2 Å². The molecule has 0 radical (unpaired) electrons. The second-order valence-corrected chi connectivity index (χ2v) is 7.16. The van der Waals surface area contributed by atoms with Crippen LogP contribution < -0.4 is 18.9 Å². The summed E-state index contributed by atoms with van der Waals surface area (Å²) in [5.74, 6) is 2.26. The predicted molar refractivity (Wildman–Crippen MR) is 105 cm³/mol. The molecule has 2 heterocycles. The molecule has 0 saturated carbocycles. The molecule has 0 spiro atoms. The third kappa shape index (κ3) is 3.33. The number of fused-ring (bicyclic) bond motifs is 1. The molecule has 2 aliphatic heterocycles. The second-order valence-electron chi connectivity index (χ2n) is 6.75. The van der Waals surface area contributed by atoms with E-state index in [1.54, 1.807) is 12.1 Å². The van der Waals surface area contributed by atoms with E-state index in [9.17, 15) is 4.79 Å². The summed E-state index contributed by atoms with van der Waals surface area (Å²) in [4.78, 5) is 15.1. The standard InChI is InChI=1S/C21H22ClNO5/c1-25-19-12-14(10-15(22)20(19)26-2)21(24)23-7-3-4-16(23)13-5-6-17-18(11-13)28-9-8-27-17/h5-6,10-12,16H,3-4,7-9H2,1-2H3/t16-/m0/s1. The molecular weight excluding hydrogens is 382 g/mol. The zero-order chi connectivity index (χ0) is 19.7. The van der Waals surface area contributed by atoms with Crippen molar-refractivity contribution >= 4 is 17.5 Å². The van der Waals surface area contributed by atoms with E-state index < -0.39 is 0 Å². The van der Waals surface area contributed by atoms with Gasteiger partial charge in [0.25, 0.3) is 5.91 Å². The van der Waals surface area contributed by atoms with Gasteiger partial charge in [0.05, 0.1) is 25.3 Å². The quantitative estimate of drug-likeness (QED) is 0.769. The highest BCUT2D eigenvalue weighted by Crippen LogP contribution is 2.40. The van der Waals surface area contributed by atoms with Gasteiger partial charge in [-0.1, -0.05) is 17.7 Å². The fourth-order valence-corrected chi connectivity index (χ4v) is 4.12. The summed E-state index contributed by atoms with van der Waals surface area (Å²) in [5.41, 5.74) is 1.52. The number of benzene rings is 2. The zero-order valence-corrected chi connectivity index (χ0v) is 16.6. The van der Waals surface area contributed by atoms with Gasteiger partial charge in [-0.25, -0.2) is 0 Å². The van der Waals surface area contributed by atoms with Gasteiger partial charge in [0, 0.05) is 12.1 Å². The fraction of sp³-hybridized carbons (Fsp3) is 0.381. The molecule has 148 valence electrons. The average Bonchev–Trinajstić information content (AvgIpc) is 3.22. The highest BCUT2D eigenvalue weighted by atomic mass is 35.5. The molecule has 6 nitrogen and oxygen atoms in total. The van der Waals surface area contributed by atoms with Crippen LogP contribution >= 0.6 is 11.6 Å². The summed E-state index contributed by atoms with van der Waals surface area (Å²) in [6.45, 7) is 1.78. The molecule has 2 aromatic carbocycles. The van der Waals surface area contributed by atoms with Gasteiger partial charge < -0.3 is 23.8 Å². The van der Waals surface area contributed by atoms with E-state index in [1.807, 2.05) is 23.1 Å². The fourth-order valence-electron chi connectivity index (χ4n) is 3.83. The van der Waals surface area contributed by atoms with E-state index in [0.29, 0.717) is 41.8 Å². The van der Waals surface area contributed by atoms with Crippen molar-refractivity contribution < 1.29 is 23.7 Å². The van der Waals surface area contributed by atoms with Crippen LogP contribution in [0.5, 0.6) is 23.0 Å². The molecule has 0 bridgehead atoms. The lowest BCUT2D eigenvalue weighted by molar-refractivity contribution is 0.0734. The zero-order valence-electron chi connectivity index (χ0n) is 15.9. The molecule has 0 aliphatic carbocycles. The first-order valence-electron chi connectivity index (χ1n) is 9.24. The van der Waals surface area contributed by atoms with Gasteiger partial charge in [-0.2, -0.15) is 0 Å². The number of halogens is 1. The smallest absolute Gasteiger partial charge is 0.254 e. The molecule has 1 amide bonds. The number of carbonyl (C=O) groups excluding carboxylic acids is 1. The maximum atomic E-state index is 13.3. The van der Waals surface area contributed by atoms with Gasteiger partial charge in [0.15, 0.2) is 23.0 Å². The number of ether oxygens (including phenoxy) is 4. The number of likely N-dealkylation sites (tertiary alicyclic amines) is 1. The highest BCUT2D eigenvalue weighted by Gasteiger charge is 2.32. The van der Waals surface area contributed by atoms with E-state index >= 15 is 0 Å². The van der Waals surface area contributed by atoms with E-state index in [-0.39, 0.29) is 11.9 Å². The predicted octanol–water partition coefficient (Wildman–Crippen LogP) is 4.11. The summed E-state index contributed by atoms with van der Waals surface area (Å²) >= 11 is 6.29. The first-order valence-corrected chi connectivity index (χ1v) is 9.62. The molecule has 0 unspecified atom stereocenters. The van der Waals surface area contributed by atoms with E-state index in [0.717, 1.165) is 29.9 Å². The Hall–Kier alpha value is -2.60. The lowest BCUT2D eigenvalue weighted by Gasteiger charge is -2.27. The van der Waals surface area contributed by atoms with Crippen molar-refractivity contribution in [2.24, 2.45) is 0 Å². The molecule has 1 fully saturated rings. The van der Waals surface area contributed by atoms with Crippen molar-refractivity contribution in [2.45, 2.75) is 18.9 Å². The van der Waals surface area contributed by atoms with Crippen molar-refractivity contribution in [3.8, 4) is 23.0 Å². The Labute approximate surface area is 168 Å². The van der Waals surface area contributed by atoms with Crippen LogP contribution in [0.3, 0.4) is 0 Å². The Morgan fingerprint density at radius 1 is 1.11 bits per heavy atom. The van der Waals surface area contributed by atoms with Gasteiger partial charge >= 0.3 is 0 Å². The van der Waals surface area contributed by atoms with Crippen LogP contribution in [0, 0.1) is 0 Å². The number of nitrogens with zero attached hydrogens (tertiary/aromatic N) is 1. The van der Waals surface area contributed by atoms with Gasteiger partial charge in [-0.3, -0.25) is 4.79 Å². The minimum atomic E-state index is -0.0831. The molecule has 0 aromatic heterocycles. The highest BCUT2D eigenvalue weighted by molar-refractivity contribution is 6.32. The number of rotatable bonds is 4. The van der Waals surface area contributed by atoms with E-state index in [1.165, 1.54) is 14.2 Å². The number of carbonyl (C=O) groups is 1. The van der Waals surface area contributed by atoms with Gasteiger partial charge in [0.1, 0.15) is 13.2 Å². The first kappa shape index (κ1) is 18.7. The number of hydrogen-bond donors (Lipinski definition) is 0. The number of amides is 1. The van der Waals surface area contributed by atoms with Crippen molar-refractivity contribution in [1.82, 2.24) is 4.90 Å². The van der Waals surface area contributed by atoms with Gasteiger partial charge in [0.2, 0.25) is 0 Å². The van der Waals surface area contributed by atoms with Crippen molar-refractivity contribution in [1.29, 1.82) is 0 Å². The Morgan fingerprint density at radius 3 is 2.64 bits per heavy atom. The maximum absolute atomic E-state index is 13.3. The Bertz CT molecular complexity index is 901. The molecule has 7 heteroatoms. The molecular formula is C21H22ClNO5. The average molecular weight is 404 g/mol. The van der Waals surface area contributed by atoms with Crippen LogP contribution in [0.1, 0.15) is 34.8 Å². The summed E-state index contributed by atoms with van der Waals surface area (Å²) < 4.78 is 21.9. The summed E-state index contributed by atoms with van der Waals surface area (Å²) in [5, 5.41) is 0.347. The largest absolute Gasteiger partial charge is 0.493 e. The van der Waals surface area contributed by atoms with Crippen LogP contribution in [0.15, 0.2) is 30.3 Å². The summed E-state index contributed by atoms with van der Waals surface area (Å²) in [7, 11) is 3.04. The van der Waals surface area contributed by atoms with Crippen LogP contribution in [0.25, 0.3) is 0 Å². The van der Waals surface area contributed by atoms with Crippen LogP contribution in [-0.4, -0.2) is 44.8 Å². The van der Waals surface area contributed by atoms with Crippen molar-refractivity contribution in [3.05, 3.63) is 46.5 Å². The molecule has 0 N–H and O–H groups in total. The van der Waals surface area contributed by atoms with E-state index in [2.05, 4.69) is 0 Å².